The van der Waals surface area contributed by atoms with Gasteiger partial charge in [0.15, 0.2) is 11.9 Å². The summed E-state index contributed by atoms with van der Waals surface area (Å²) in [5, 5.41) is 0.525. The second-order valence-corrected chi connectivity index (χ2v) is 6.79. The molecular formula is C18H24ClNO4. The van der Waals surface area contributed by atoms with Gasteiger partial charge in [-0.1, -0.05) is 24.6 Å². The highest BCUT2D eigenvalue weighted by atomic mass is 35.5. The van der Waals surface area contributed by atoms with Crippen LogP contribution in [-0.2, 0) is 14.3 Å². The van der Waals surface area contributed by atoms with Crippen molar-refractivity contribution in [2.24, 2.45) is 0 Å². The number of piperidine rings is 1. The van der Waals surface area contributed by atoms with Crippen molar-refractivity contribution in [1.29, 1.82) is 0 Å². The smallest absolute Gasteiger partial charge is 0.263 e. The maximum absolute atomic E-state index is 12.8. The van der Waals surface area contributed by atoms with Crippen LogP contribution in [0.2, 0.25) is 5.02 Å². The van der Waals surface area contributed by atoms with Gasteiger partial charge in [0, 0.05) is 25.9 Å². The van der Waals surface area contributed by atoms with Crippen molar-refractivity contribution in [3.05, 3.63) is 28.8 Å². The van der Waals surface area contributed by atoms with Crippen molar-refractivity contribution in [2.45, 2.75) is 45.0 Å². The maximum Gasteiger partial charge on any atom is 0.263 e. The Balaban J connectivity index is 1.63. The quantitative estimate of drug-likeness (QED) is 0.834. The van der Waals surface area contributed by atoms with Gasteiger partial charge in [-0.3, -0.25) is 4.79 Å². The highest BCUT2D eigenvalue weighted by molar-refractivity contribution is 6.32. The van der Waals surface area contributed by atoms with E-state index in [2.05, 4.69) is 0 Å². The normalized spacial score (nSPS) is 21.0. The molecule has 6 heteroatoms. The summed E-state index contributed by atoms with van der Waals surface area (Å²) in [4.78, 5) is 14.7. The number of ether oxygens (including phenoxy) is 3. The molecule has 2 heterocycles. The van der Waals surface area contributed by atoms with Crippen LogP contribution in [0, 0.1) is 6.92 Å². The lowest BCUT2D eigenvalue weighted by molar-refractivity contribution is -0.189. The minimum absolute atomic E-state index is 0.00270. The predicted molar refractivity (Wildman–Crippen MR) is 91.3 cm³/mol. The van der Waals surface area contributed by atoms with E-state index < -0.39 is 11.9 Å². The van der Waals surface area contributed by atoms with E-state index in [0.717, 1.165) is 5.56 Å². The van der Waals surface area contributed by atoms with Crippen molar-refractivity contribution < 1.29 is 19.0 Å². The molecule has 0 bridgehead atoms. The first-order valence-corrected chi connectivity index (χ1v) is 8.90. The summed E-state index contributed by atoms with van der Waals surface area (Å²) in [5.74, 6) is 0.0925. The third-order valence-corrected chi connectivity index (χ3v) is 4.96. The van der Waals surface area contributed by atoms with Gasteiger partial charge in [0.05, 0.1) is 18.2 Å². The van der Waals surface area contributed by atoms with E-state index in [4.69, 9.17) is 25.8 Å². The third-order valence-electron chi connectivity index (χ3n) is 4.65. The Morgan fingerprint density at radius 2 is 2.00 bits per heavy atom. The molecule has 1 atom stereocenters. The molecule has 1 aromatic rings. The lowest BCUT2D eigenvalue weighted by atomic mass is 10.0. The Morgan fingerprint density at radius 3 is 2.62 bits per heavy atom. The summed E-state index contributed by atoms with van der Waals surface area (Å²) in [7, 11) is 0. The van der Waals surface area contributed by atoms with E-state index in [9.17, 15) is 4.79 Å². The van der Waals surface area contributed by atoms with Gasteiger partial charge in [0.25, 0.3) is 5.91 Å². The summed E-state index contributed by atoms with van der Waals surface area (Å²) < 4.78 is 17.3. The van der Waals surface area contributed by atoms with Gasteiger partial charge in [0.2, 0.25) is 0 Å². The average Bonchev–Trinajstić information content (AvgIpc) is 3.04. The number of amides is 1. The number of benzene rings is 1. The molecule has 1 spiro atoms. The van der Waals surface area contributed by atoms with Gasteiger partial charge in [-0.2, -0.15) is 0 Å². The molecule has 24 heavy (non-hydrogen) atoms. The van der Waals surface area contributed by atoms with Gasteiger partial charge >= 0.3 is 0 Å². The summed E-state index contributed by atoms with van der Waals surface area (Å²) in [5.41, 5.74) is 1.05. The second kappa shape index (κ2) is 7.30. The van der Waals surface area contributed by atoms with Gasteiger partial charge < -0.3 is 19.1 Å². The Hall–Kier alpha value is -1.30. The number of nitrogens with zero attached hydrogens (tertiary/aromatic N) is 1. The zero-order valence-electron chi connectivity index (χ0n) is 14.2. The number of carbonyl (C=O) groups is 1. The van der Waals surface area contributed by atoms with Crippen molar-refractivity contribution in [1.82, 2.24) is 4.90 Å². The fraction of sp³-hybridized carbons (Fsp3) is 0.611. The Kier molecular flexibility index (Phi) is 5.33. The fourth-order valence-electron chi connectivity index (χ4n) is 3.22. The van der Waals surface area contributed by atoms with Crippen LogP contribution in [0.5, 0.6) is 5.75 Å². The molecule has 1 unspecified atom stereocenters. The van der Waals surface area contributed by atoms with Gasteiger partial charge in [-0.25, -0.2) is 0 Å². The highest BCUT2D eigenvalue weighted by Crippen LogP contribution is 2.32. The average molecular weight is 354 g/mol. The largest absolute Gasteiger partial charge is 0.479 e. The minimum Gasteiger partial charge on any atom is -0.479 e. The highest BCUT2D eigenvalue weighted by Gasteiger charge is 2.41. The van der Waals surface area contributed by atoms with Crippen LogP contribution in [0.15, 0.2) is 18.2 Å². The van der Waals surface area contributed by atoms with Crippen LogP contribution in [0.4, 0.5) is 0 Å². The van der Waals surface area contributed by atoms with Crippen LogP contribution in [0.3, 0.4) is 0 Å². The number of halogens is 1. The Morgan fingerprint density at radius 1 is 1.33 bits per heavy atom. The van der Waals surface area contributed by atoms with Crippen molar-refractivity contribution in [3.8, 4) is 5.75 Å². The number of rotatable bonds is 4. The lowest BCUT2D eigenvalue weighted by Gasteiger charge is -2.38. The van der Waals surface area contributed by atoms with Gasteiger partial charge in [-0.05, 0) is 31.0 Å². The zero-order valence-corrected chi connectivity index (χ0v) is 15.0. The first kappa shape index (κ1) is 17.5. The molecule has 0 N–H and O–H groups in total. The third kappa shape index (κ3) is 3.68. The van der Waals surface area contributed by atoms with E-state index >= 15 is 0 Å². The Labute approximate surface area is 147 Å². The zero-order chi connectivity index (χ0) is 17.2. The topological polar surface area (TPSA) is 48.0 Å². The molecule has 5 nitrogen and oxygen atoms in total. The van der Waals surface area contributed by atoms with E-state index in [1.165, 1.54) is 0 Å². The molecule has 0 aromatic heterocycles. The molecule has 132 valence electrons. The molecule has 0 saturated carbocycles. The van der Waals surface area contributed by atoms with Crippen molar-refractivity contribution in [2.75, 3.05) is 26.3 Å². The van der Waals surface area contributed by atoms with E-state index in [1.807, 2.05) is 30.9 Å². The fourth-order valence-corrected chi connectivity index (χ4v) is 3.38. The molecular weight excluding hydrogens is 330 g/mol. The molecule has 1 amide bonds. The number of likely N-dealkylation sites (tertiary alicyclic amines) is 1. The van der Waals surface area contributed by atoms with Crippen LogP contribution in [0.25, 0.3) is 0 Å². The minimum atomic E-state index is -0.524. The van der Waals surface area contributed by atoms with Crippen LogP contribution < -0.4 is 4.74 Å². The van der Waals surface area contributed by atoms with Crippen LogP contribution >= 0.6 is 11.6 Å². The number of hydrogen-bond donors (Lipinski definition) is 0. The van der Waals surface area contributed by atoms with Crippen LogP contribution in [-0.4, -0.2) is 49.0 Å². The van der Waals surface area contributed by atoms with E-state index in [0.29, 0.717) is 56.3 Å². The van der Waals surface area contributed by atoms with Crippen molar-refractivity contribution >= 4 is 17.5 Å². The number of carbonyl (C=O) groups excluding carboxylic acids is 1. The molecule has 3 rings (SSSR count). The Bertz CT molecular complexity index is 591. The summed E-state index contributed by atoms with van der Waals surface area (Å²) >= 11 is 6.19. The SMILES string of the molecule is CCC(Oc1cc(C)ccc1Cl)C(=O)N1CCC2(CC1)OCCO2. The van der Waals surface area contributed by atoms with E-state index in [1.54, 1.807) is 6.07 Å². The second-order valence-electron chi connectivity index (χ2n) is 6.38. The molecule has 2 saturated heterocycles. The van der Waals surface area contributed by atoms with Gasteiger partial charge in [-0.15, -0.1) is 0 Å². The first-order valence-electron chi connectivity index (χ1n) is 8.52. The number of aryl methyl sites for hydroxylation is 1. The standard InChI is InChI=1S/C18H24ClNO4/c1-3-15(24-16-12-13(2)4-5-14(16)19)17(21)20-8-6-18(7-9-20)22-10-11-23-18/h4-5,12,15H,3,6-11H2,1-2H3. The number of hydrogen-bond acceptors (Lipinski definition) is 4. The lowest BCUT2D eigenvalue weighted by Crippen LogP contribution is -2.50. The molecule has 2 fully saturated rings. The molecule has 0 aliphatic carbocycles. The van der Waals surface area contributed by atoms with Crippen LogP contribution in [0.1, 0.15) is 31.7 Å². The monoisotopic (exact) mass is 353 g/mol. The molecule has 2 aliphatic heterocycles. The van der Waals surface area contributed by atoms with Gasteiger partial charge in [0.1, 0.15) is 5.75 Å². The summed E-state index contributed by atoms with van der Waals surface area (Å²) in [6.45, 7) is 6.44. The van der Waals surface area contributed by atoms with Crippen molar-refractivity contribution in [3.63, 3.8) is 0 Å². The first-order chi connectivity index (χ1) is 11.5. The summed E-state index contributed by atoms with van der Waals surface area (Å²) in [6.07, 6.45) is 1.49. The predicted octanol–water partition coefficient (Wildman–Crippen LogP) is 3.17. The summed E-state index contributed by atoms with van der Waals surface area (Å²) in [6, 6.07) is 5.58. The molecule has 0 radical (unpaired) electrons. The maximum atomic E-state index is 12.8. The molecule has 2 aliphatic rings. The van der Waals surface area contributed by atoms with E-state index in [-0.39, 0.29) is 5.91 Å². The molecule has 1 aromatic carbocycles.